The molecule has 1 aromatic carbocycles. The van der Waals surface area contributed by atoms with Gasteiger partial charge >= 0.3 is 0 Å². The average Bonchev–Trinajstić information content (AvgIpc) is 2.84. The van der Waals surface area contributed by atoms with Crippen LogP contribution in [-0.2, 0) is 22.9 Å². The highest BCUT2D eigenvalue weighted by Gasteiger charge is 2.12. The summed E-state index contributed by atoms with van der Waals surface area (Å²) in [6, 6.07) is 6.05. The lowest BCUT2D eigenvalue weighted by Crippen LogP contribution is -2.33. The Morgan fingerprint density at radius 3 is 2.70 bits per heavy atom. The summed E-state index contributed by atoms with van der Waals surface area (Å²) in [6.45, 7) is 3.70. The second kappa shape index (κ2) is 8.84. The predicted octanol–water partition coefficient (Wildman–Crippen LogP) is 1.85. The minimum absolute atomic E-state index is 0. The number of nitrogens with zero attached hydrogens (tertiary/aromatic N) is 1. The van der Waals surface area contributed by atoms with Crippen molar-refractivity contribution in [1.29, 1.82) is 0 Å². The molecule has 1 aliphatic rings. The monoisotopic (exact) mass is 452 g/mol. The maximum atomic E-state index is 11.7. The van der Waals surface area contributed by atoms with Crippen molar-refractivity contribution >= 4 is 45.6 Å². The zero-order valence-electron chi connectivity index (χ0n) is 13.5. The molecule has 0 amide bonds. The van der Waals surface area contributed by atoms with E-state index in [1.807, 2.05) is 6.07 Å². The van der Waals surface area contributed by atoms with Crippen molar-refractivity contribution in [2.75, 3.05) is 17.6 Å². The first kappa shape index (κ1) is 20.2. The second-order valence-corrected chi connectivity index (χ2v) is 7.69. The number of nitrogens with two attached hydrogens (primary N) is 1. The van der Waals surface area contributed by atoms with E-state index in [1.165, 1.54) is 17.5 Å². The van der Waals surface area contributed by atoms with E-state index < -0.39 is 10.0 Å². The second-order valence-electron chi connectivity index (χ2n) is 5.82. The number of hydrogen-bond acceptors (Lipinski definition) is 3. The lowest BCUT2D eigenvalue weighted by molar-refractivity contribution is 0.570. The van der Waals surface area contributed by atoms with Gasteiger partial charge in [0.2, 0.25) is 10.0 Å². The summed E-state index contributed by atoms with van der Waals surface area (Å²) < 4.78 is 25.8. The Kier molecular flexibility index (Phi) is 7.75. The van der Waals surface area contributed by atoms with Crippen LogP contribution in [0.15, 0.2) is 23.2 Å². The number of rotatable bonds is 6. The largest absolute Gasteiger partial charge is 0.370 e. The molecule has 6 nitrogen and oxygen atoms in total. The van der Waals surface area contributed by atoms with Gasteiger partial charge in [0.1, 0.15) is 0 Å². The fraction of sp³-hybridized carbons (Fsp3) is 0.533. The third-order valence-corrected chi connectivity index (χ3v) is 4.98. The highest BCUT2D eigenvalue weighted by molar-refractivity contribution is 14.0. The molecule has 0 unspecified atom stereocenters. The maximum Gasteiger partial charge on any atom is 0.213 e. The van der Waals surface area contributed by atoms with Gasteiger partial charge in [0.15, 0.2) is 5.96 Å². The van der Waals surface area contributed by atoms with Crippen LogP contribution in [0.2, 0.25) is 0 Å². The minimum atomic E-state index is -3.30. The van der Waals surface area contributed by atoms with Gasteiger partial charge in [-0.3, -0.25) is 4.99 Å². The van der Waals surface area contributed by atoms with Crippen LogP contribution in [0.4, 0.5) is 5.69 Å². The standard InChI is InChI=1S/C15H24N4O2S.HI/c1-11(2)19-22(20,21)9-8-17-15(16)18-14-7-6-12-4-3-5-13(12)10-14;/h6-7,10-11,19H,3-5,8-9H2,1-2H3,(H3,16,17,18);1H. The van der Waals surface area contributed by atoms with Crippen molar-refractivity contribution < 1.29 is 8.42 Å². The van der Waals surface area contributed by atoms with Crippen LogP contribution in [0.1, 0.15) is 31.4 Å². The first-order valence-electron chi connectivity index (χ1n) is 7.54. The summed E-state index contributed by atoms with van der Waals surface area (Å²) in [4.78, 5) is 4.07. The third kappa shape index (κ3) is 6.64. The highest BCUT2D eigenvalue weighted by Crippen LogP contribution is 2.24. The maximum absolute atomic E-state index is 11.7. The number of benzene rings is 1. The van der Waals surface area contributed by atoms with Crippen molar-refractivity contribution in [3.8, 4) is 0 Å². The van der Waals surface area contributed by atoms with Crippen molar-refractivity contribution in [3.05, 3.63) is 29.3 Å². The SMILES string of the molecule is CC(C)NS(=O)(=O)CCN=C(N)Nc1ccc2c(c1)CCC2.I. The Morgan fingerprint density at radius 2 is 2.00 bits per heavy atom. The van der Waals surface area contributed by atoms with Crippen LogP contribution in [0.25, 0.3) is 0 Å². The number of halogens is 1. The van der Waals surface area contributed by atoms with Crippen molar-refractivity contribution in [1.82, 2.24) is 4.72 Å². The lowest BCUT2D eigenvalue weighted by Gasteiger charge is -2.09. The van der Waals surface area contributed by atoms with Crippen LogP contribution in [-0.4, -0.2) is 32.7 Å². The first-order valence-corrected chi connectivity index (χ1v) is 9.20. The van der Waals surface area contributed by atoms with E-state index in [9.17, 15) is 8.42 Å². The molecular weight excluding hydrogens is 427 g/mol. The van der Waals surface area contributed by atoms with Gasteiger partial charge < -0.3 is 11.1 Å². The number of aliphatic imine (C=N–C) groups is 1. The van der Waals surface area contributed by atoms with E-state index >= 15 is 0 Å². The summed E-state index contributed by atoms with van der Waals surface area (Å²) in [7, 11) is -3.30. The molecular formula is C15H25IN4O2S. The van der Waals surface area contributed by atoms with Gasteiger partial charge in [-0.15, -0.1) is 24.0 Å². The lowest BCUT2D eigenvalue weighted by atomic mass is 10.1. The average molecular weight is 452 g/mol. The smallest absolute Gasteiger partial charge is 0.213 e. The quantitative estimate of drug-likeness (QED) is 0.349. The number of guanidine groups is 1. The molecule has 0 saturated heterocycles. The van der Waals surface area contributed by atoms with Crippen molar-refractivity contribution in [3.63, 3.8) is 0 Å². The summed E-state index contributed by atoms with van der Waals surface area (Å²) in [5.74, 6) is 0.162. The molecule has 1 aromatic rings. The molecule has 130 valence electrons. The summed E-state index contributed by atoms with van der Waals surface area (Å²) in [5, 5.41) is 3.01. The van der Waals surface area contributed by atoms with Gasteiger partial charge in [0.05, 0.1) is 12.3 Å². The van der Waals surface area contributed by atoms with E-state index in [1.54, 1.807) is 13.8 Å². The summed E-state index contributed by atoms with van der Waals surface area (Å²) in [5.41, 5.74) is 9.44. The van der Waals surface area contributed by atoms with Crippen LogP contribution in [0.3, 0.4) is 0 Å². The zero-order valence-corrected chi connectivity index (χ0v) is 16.6. The molecule has 0 fully saturated rings. The number of nitrogens with one attached hydrogen (secondary N) is 2. The van der Waals surface area contributed by atoms with E-state index in [4.69, 9.17) is 5.73 Å². The normalized spacial score (nSPS) is 14.5. The molecule has 0 atom stereocenters. The predicted molar refractivity (Wildman–Crippen MR) is 106 cm³/mol. The molecule has 0 radical (unpaired) electrons. The molecule has 0 saturated carbocycles. The van der Waals surface area contributed by atoms with Gasteiger partial charge in [0, 0.05) is 11.7 Å². The summed E-state index contributed by atoms with van der Waals surface area (Å²) >= 11 is 0. The first-order chi connectivity index (χ1) is 10.4. The number of aryl methyl sites for hydroxylation is 2. The Bertz CT molecular complexity index is 659. The topological polar surface area (TPSA) is 96.6 Å². The fourth-order valence-corrected chi connectivity index (χ4v) is 3.71. The number of anilines is 1. The number of fused-ring (bicyclic) bond motifs is 1. The third-order valence-electron chi connectivity index (χ3n) is 3.43. The van der Waals surface area contributed by atoms with Gasteiger partial charge in [-0.25, -0.2) is 13.1 Å². The van der Waals surface area contributed by atoms with E-state index in [0.717, 1.165) is 18.5 Å². The van der Waals surface area contributed by atoms with Gasteiger partial charge in [-0.2, -0.15) is 0 Å². The minimum Gasteiger partial charge on any atom is -0.370 e. The zero-order chi connectivity index (χ0) is 16.2. The Morgan fingerprint density at radius 1 is 1.30 bits per heavy atom. The fourth-order valence-electron chi connectivity index (χ4n) is 2.54. The van der Waals surface area contributed by atoms with Crippen LogP contribution in [0.5, 0.6) is 0 Å². The molecule has 4 N–H and O–H groups in total. The number of sulfonamides is 1. The van der Waals surface area contributed by atoms with Crippen LogP contribution >= 0.6 is 24.0 Å². The molecule has 0 aliphatic heterocycles. The Balaban J connectivity index is 0.00000264. The molecule has 23 heavy (non-hydrogen) atoms. The molecule has 2 rings (SSSR count). The highest BCUT2D eigenvalue weighted by atomic mass is 127. The molecule has 0 aromatic heterocycles. The van der Waals surface area contributed by atoms with Crippen molar-refractivity contribution in [2.24, 2.45) is 10.7 Å². The number of hydrogen-bond donors (Lipinski definition) is 3. The van der Waals surface area contributed by atoms with Crippen LogP contribution in [0, 0.1) is 0 Å². The Labute approximate surface area is 155 Å². The molecule has 0 heterocycles. The van der Waals surface area contributed by atoms with Crippen LogP contribution < -0.4 is 15.8 Å². The molecule has 8 heteroatoms. The van der Waals surface area contributed by atoms with Gasteiger partial charge in [0.25, 0.3) is 0 Å². The molecule has 1 aliphatic carbocycles. The van der Waals surface area contributed by atoms with Gasteiger partial charge in [-0.05, 0) is 56.4 Å². The molecule has 0 bridgehead atoms. The summed E-state index contributed by atoms with van der Waals surface area (Å²) in [6.07, 6.45) is 3.43. The van der Waals surface area contributed by atoms with E-state index in [2.05, 4.69) is 27.2 Å². The molecule has 0 spiro atoms. The van der Waals surface area contributed by atoms with Gasteiger partial charge in [-0.1, -0.05) is 6.07 Å². The Hall–Kier alpha value is -0.870. The van der Waals surface area contributed by atoms with Crippen molar-refractivity contribution in [2.45, 2.75) is 39.2 Å². The van der Waals surface area contributed by atoms with E-state index in [0.29, 0.717) is 0 Å². The van der Waals surface area contributed by atoms with E-state index in [-0.39, 0.29) is 48.3 Å².